The van der Waals surface area contributed by atoms with Gasteiger partial charge in [-0.3, -0.25) is 0 Å². The number of aromatic nitrogens is 5. The Morgan fingerprint density at radius 3 is 1.03 bits per heavy atom. The van der Waals surface area contributed by atoms with Crippen LogP contribution in [0.4, 0.5) is 5.69 Å². The summed E-state index contributed by atoms with van der Waals surface area (Å²) in [7, 11) is 0. The minimum atomic E-state index is -0.983. The maximum Gasteiger partial charge on any atom is 0.213 e. The first kappa shape index (κ1) is 30.6. The average Bonchev–Trinajstić information content (AvgIpc) is 1.53. The summed E-state index contributed by atoms with van der Waals surface area (Å²) < 4.78 is 324. The normalized spacial score (nSPS) is 16.8. The minimum absolute atomic E-state index is 0.00689. The van der Waals surface area contributed by atoms with Crippen LogP contribution in [0.1, 0.15) is 48.0 Å². The number of fused-ring (bicyclic) bond motifs is 14. The van der Waals surface area contributed by atoms with Gasteiger partial charge in [-0.05, 0) is 117 Å². The molecule has 0 aliphatic heterocycles. The Morgan fingerprint density at radius 2 is 0.635 bits per heavy atom. The molecule has 0 unspecified atom stereocenters. The van der Waals surface area contributed by atoms with Gasteiger partial charge < -0.3 is 9.13 Å². The molecule has 96 heavy (non-hydrogen) atoms. The molecule has 0 radical (unpaired) electrons. The predicted molar refractivity (Wildman–Crippen MR) is 404 cm³/mol. The highest BCUT2D eigenvalue weighted by molar-refractivity contribution is 7.27. The van der Waals surface area contributed by atoms with E-state index in [0.29, 0.717) is 40.3 Å². The van der Waals surface area contributed by atoms with Gasteiger partial charge in [0.05, 0.1) is 88.0 Å². The van der Waals surface area contributed by atoms with Gasteiger partial charge in [0.25, 0.3) is 0 Å². The van der Waals surface area contributed by atoms with Gasteiger partial charge in [-0.15, -0.1) is 22.7 Å². The van der Waals surface area contributed by atoms with Crippen LogP contribution in [0.3, 0.4) is 0 Å². The van der Waals surface area contributed by atoms with Crippen molar-refractivity contribution in [3.63, 3.8) is 0 Å². The summed E-state index contributed by atoms with van der Waals surface area (Å²) in [5, 5.41) is 2.68. The Morgan fingerprint density at radius 1 is 0.302 bits per heavy atom. The molecule has 6 nitrogen and oxygen atoms in total. The van der Waals surface area contributed by atoms with E-state index in [-0.39, 0.29) is 99.5 Å². The van der Waals surface area contributed by atoms with E-state index in [1.54, 1.807) is 75.9 Å². The lowest BCUT2D eigenvalue weighted by molar-refractivity contribution is 1.07. The summed E-state index contributed by atoms with van der Waals surface area (Å²) in [6.07, 6.45) is 0. The molecule has 446 valence electrons. The van der Waals surface area contributed by atoms with Crippen molar-refractivity contribution < 1.29 is 48.0 Å². The standard InChI is InChI=1S/C88H52N6S2/c1-89-72-53-71(88-91-86(59-33-19-7-20-34-59)90-87(92-88)60-35-21-8-22-36-60)79(58-31-17-6-18-32-58)83(94-74-44-38-62(55-25-11-3-12-26-55)52-70(74)81-76(94)46-42-66-68-50-64(57-29-15-5-16-30-57)40-48-78(68)96-85(66)81)82(72)93-73-43-37-61(54-23-9-2-10-24-54)51-69(73)80-75(93)45-41-65-67-49-63(56-27-13-4-14-28-56)39-47-77(67)95-84(65)80/h2-53H/i2D,3D,4D,5D,6D,7D,8D,9D,10D,11D,12D,13D,14D,15D,16D,17D,18D,19D,20D,21D,22D,23D,24D,25D,26D,27D,28D,29D,30D,31D,32D,33D,34D,35D,36D. The van der Waals surface area contributed by atoms with Crippen molar-refractivity contribution in [1.29, 1.82) is 0 Å². The first-order valence-electron chi connectivity index (χ1n) is 46.8. The molecule has 19 aromatic rings. The topological polar surface area (TPSA) is 52.9 Å². The third-order valence-corrected chi connectivity index (χ3v) is 19.2. The lowest BCUT2D eigenvalue weighted by Crippen LogP contribution is -2.09. The lowest BCUT2D eigenvalue weighted by atomic mass is 9.93. The Kier molecular flexibility index (Phi) is 7.15. The van der Waals surface area contributed by atoms with E-state index in [0.717, 1.165) is 6.07 Å². The van der Waals surface area contributed by atoms with Gasteiger partial charge in [0, 0.05) is 84.1 Å². The van der Waals surface area contributed by atoms with Crippen molar-refractivity contribution >= 4 is 112 Å². The Hall–Kier alpha value is -12.4. The summed E-state index contributed by atoms with van der Waals surface area (Å²) in [6.45, 7) is 9.89. The molecule has 0 atom stereocenters. The molecular weight excluding hydrogens is 1210 g/mol. The van der Waals surface area contributed by atoms with Crippen LogP contribution in [0, 0.1) is 6.57 Å². The SMILES string of the molecule is [2H]c1c([2H])c([2H])c(-c2ccc3sc4c(ccc5c4c4cc(-c6c([2H])c([2H])c([2H])c([2H])c6[2H])ccc4n5-c4c([N+]#[C-])cc(-c5nc(-c6c([2H])c([2H])c([2H])c([2H])c6[2H])nc(-c6c([2H])c([2H])c([2H])c([2H])c6[2H])n5)c(-c5c([2H])c([2H])c([2H])c([2H])c5[2H])c4-n4c5ccc(-c6c([2H])c([2H])c([2H])c([2H])c6[2H])cc5c5c6sc7ccc(-c8c([2H])c([2H])c([2H])c([2H])c8[2H])cc7c6ccc54)c3c2)c([2H])c1[2H]. The largest absolute Gasteiger partial charge is 0.317 e. The number of nitrogens with zero attached hydrogens (tertiary/aromatic N) is 6. The average molecular weight is 1290 g/mol. The van der Waals surface area contributed by atoms with Gasteiger partial charge in [0.1, 0.15) is 0 Å². The highest BCUT2D eigenvalue weighted by Gasteiger charge is 2.32. The van der Waals surface area contributed by atoms with Gasteiger partial charge in [0.15, 0.2) is 17.5 Å². The second-order valence-electron chi connectivity index (χ2n) is 21.9. The van der Waals surface area contributed by atoms with Crippen molar-refractivity contribution in [3.8, 4) is 101 Å². The van der Waals surface area contributed by atoms with Gasteiger partial charge >= 0.3 is 0 Å². The molecule has 19 rings (SSSR count). The third kappa shape index (κ3) is 8.94. The molecule has 5 aromatic heterocycles. The smallest absolute Gasteiger partial charge is 0.213 e. The molecule has 0 saturated heterocycles. The Bertz CT molecular complexity index is 8360. The van der Waals surface area contributed by atoms with Crippen molar-refractivity contribution in [1.82, 2.24) is 24.1 Å². The first-order valence-corrected chi connectivity index (χ1v) is 30.9. The van der Waals surface area contributed by atoms with Crippen LogP contribution >= 0.6 is 22.7 Å². The monoisotopic (exact) mass is 1290 g/mol. The quantitative estimate of drug-likeness (QED) is 0.128. The molecule has 0 amide bonds. The van der Waals surface area contributed by atoms with Crippen LogP contribution in [-0.4, -0.2) is 24.1 Å². The molecule has 0 bridgehead atoms. The maximum atomic E-state index is 10.4. The number of hydrogen-bond acceptors (Lipinski definition) is 5. The zero-order chi connectivity index (χ0) is 93.8. The highest BCUT2D eigenvalue weighted by atomic mass is 32.1. The van der Waals surface area contributed by atoms with Gasteiger partial charge in [-0.1, -0.05) is 248 Å². The first-order chi connectivity index (χ1) is 62.1. The van der Waals surface area contributed by atoms with Crippen LogP contribution in [-0.2, 0) is 0 Å². The number of thiophene rings is 2. The summed E-state index contributed by atoms with van der Waals surface area (Å²) in [6, 6.07) is -0.206. The Balaban J connectivity index is 1.07. The zero-order valence-electron chi connectivity index (χ0n) is 83.8. The minimum Gasteiger partial charge on any atom is -0.317 e. The number of benzene rings is 14. The van der Waals surface area contributed by atoms with E-state index in [1.165, 1.54) is 53.0 Å². The summed E-state index contributed by atoms with van der Waals surface area (Å²) >= 11 is 2.37. The fourth-order valence-electron chi connectivity index (χ4n) is 12.8. The molecule has 0 spiro atoms. The summed E-state index contributed by atoms with van der Waals surface area (Å²) in [5.74, 6) is -2.49. The van der Waals surface area contributed by atoms with Crippen molar-refractivity contribution in [2.75, 3.05) is 0 Å². The maximum absolute atomic E-state index is 10.4. The molecule has 14 aromatic carbocycles. The number of hydrogen-bond donors (Lipinski definition) is 0. The van der Waals surface area contributed by atoms with E-state index in [1.807, 2.05) is 0 Å². The molecule has 5 heterocycles. The molecule has 8 heteroatoms. The van der Waals surface area contributed by atoms with E-state index in [9.17, 15) is 24.4 Å². The lowest BCUT2D eigenvalue weighted by Gasteiger charge is -2.25. The Labute approximate surface area is 609 Å². The molecule has 0 N–H and O–H groups in total. The number of rotatable bonds is 10. The van der Waals surface area contributed by atoms with Gasteiger partial charge in [0.2, 0.25) is 5.69 Å². The van der Waals surface area contributed by atoms with Crippen molar-refractivity contribution in [3.05, 3.63) is 326 Å². The van der Waals surface area contributed by atoms with Crippen LogP contribution in [0.5, 0.6) is 0 Å². The molecule has 0 aliphatic rings. The van der Waals surface area contributed by atoms with Crippen molar-refractivity contribution in [2.24, 2.45) is 0 Å². The fourth-order valence-corrected chi connectivity index (χ4v) is 15.3. The van der Waals surface area contributed by atoms with Crippen LogP contribution in [0.2, 0.25) is 0 Å². The second-order valence-corrected chi connectivity index (χ2v) is 24.0. The summed E-state index contributed by atoms with van der Waals surface area (Å²) in [4.78, 5) is 18.7. The molecule has 0 aliphatic carbocycles. The van der Waals surface area contributed by atoms with E-state index in [2.05, 4.69) is 9.83 Å². The van der Waals surface area contributed by atoms with E-state index >= 15 is 0 Å². The van der Waals surface area contributed by atoms with E-state index in [4.69, 9.17) is 40.1 Å². The molecular formula is C88H52N6S2. The summed E-state index contributed by atoms with van der Waals surface area (Å²) in [5.41, 5.74) is -4.57. The predicted octanol–water partition coefficient (Wildman–Crippen LogP) is 24.7. The van der Waals surface area contributed by atoms with Crippen LogP contribution < -0.4 is 0 Å². The molecule has 0 fully saturated rings. The third-order valence-electron chi connectivity index (χ3n) is 16.8. The fraction of sp³-hybridized carbons (Fsp3) is 0. The van der Waals surface area contributed by atoms with E-state index < -0.39 is 262 Å². The van der Waals surface area contributed by atoms with Crippen LogP contribution in [0.15, 0.2) is 315 Å². The van der Waals surface area contributed by atoms with Crippen molar-refractivity contribution in [2.45, 2.75) is 0 Å². The van der Waals surface area contributed by atoms with Gasteiger partial charge in [-0.25, -0.2) is 19.8 Å². The zero-order valence-corrected chi connectivity index (χ0v) is 50.4. The van der Waals surface area contributed by atoms with Crippen LogP contribution in [0.25, 0.3) is 190 Å². The highest BCUT2D eigenvalue weighted by Crippen LogP contribution is 2.54. The second kappa shape index (κ2) is 22.4. The molecule has 0 saturated carbocycles. The van der Waals surface area contributed by atoms with Gasteiger partial charge in [-0.2, -0.15) is 0 Å².